The first kappa shape index (κ1) is 12.8. The van der Waals surface area contributed by atoms with Gasteiger partial charge >= 0.3 is 0 Å². The van der Waals surface area contributed by atoms with Gasteiger partial charge in [0.15, 0.2) is 5.78 Å². The van der Waals surface area contributed by atoms with Crippen LogP contribution in [0, 0.1) is 0 Å². The Morgan fingerprint density at radius 1 is 1.24 bits per heavy atom. The second-order valence-corrected chi connectivity index (χ2v) is 6.99. The molecule has 21 heavy (non-hydrogen) atoms. The molecule has 2 aromatic rings. The predicted molar refractivity (Wildman–Crippen MR) is 83.0 cm³/mol. The van der Waals surface area contributed by atoms with Crippen molar-refractivity contribution in [3.63, 3.8) is 0 Å². The highest BCUT2D eigenvalue weighted by Crippen LogP contribution is 2.50. The number of fused-ring (bicyclic) bond motifs is 3. The van der Waals surface area contributed by atoms with Crippen LogP contribution in [0.15, 0.2) is 47.3 Å². The summed E-state index contributed by atoms with van der Waals surface area (Å²) in [4.78, 5) is 23.7. The molecule has 0 spiro atoms. The Morgan fingerprint density at radius 2 is 2.05 bits per heavy atom. The van der Waals surface area contributed by atoms with Crippen LogP contribution >= 0.6 is 11.8 Å². The lowest BCUT2D eigenvalue weighted by Crippen LogP contribution is -2.36. The number of carbonyl (C=O) groups is 1. The maximum atomic E-state index is 12.9. The summed E-state index contributed by atoms with van der Waals surface area (Å²) in [5.74, 6) is 0.196. The average Bonchev–Trinajstić information content (AvgIpc) is 2.52. The molecule has 1 aliphatic heterocycles. The minimum absolute atomic E-state index is 0.196. The molecule has 1 aromatic heterocycles. The van der Waals surface area contributed by atoms with Crippen molar-refractivity contribution in [3.05, 3.63) is 59.2 Å². The summed E-state index contributed by atoms with van der Waals surface area (Å²) in [6.07, 6.45) is 4.05. The Morgan fingerprint density at radius 3 is 2.90 bits per heavy atom. The third kappa shape index (κ3) is 1.72. The lowest BCUT2D eigenvalue weighted by molar-refractivity contribution is -0.120. The zero-order valence-corrected chi connectivity index (χ0v) is 12.7. The maximum absolute atomic E-state index is 12.9. The van der Waals surface area contributed by atoms with Crippen LogP contribution in [0.5, 0.6) is 0 Å². The number of thioether (sulfide) groups is 1. The van der Waals surface area contributed by atoms with E-state index in [4.69, 9.17) is 0 Å². The monoisotopic (exact) mass is 294 g/mol. The molecular weight excluding hydrogens is 280 g/mol. The van der Waals surface area contributed by atoms with E-state index in [1.54, 1.807) is 24.3 Å². The topological polar surface area (TPSA) is 42.9 Å². The number of hydrogen-bond donors (Lipinski definition) is 0. The third-order valence-corrected chi connectivity index (χ3v) is 5.53. The zero-order chi connectivity index (χ0) is 14.6. The molecule has 0 bridgehead atoms. The molecule has 0 fully saturated rings. The van der Waals surface area contributed by atoms with Gasteiger partial charge in [-0.1, -0.05) is 30.0 Å². The van der Waals surface area contributed by atoms with Gasteiger partial charge in [-0.2, -0.15) is 0 Å². The van der Waals surface area contributed by atoms with E-state index in [1.807, 2.05) is 26.0 Å². The van der Waals surface area contributed by atoms with E-state index in [1.165, 1.54) is 10.5 Å². The second kappa shape index (κ2) is 4.28. The second-order valence-electron chi connectivity index (χ2n) is 5.93. The first-order valence-corrected chi connectivity index (χ1v) is 7.75. The molecule has 1 aliphatic carbocycles. The maximum Gasteiger partial charge on any atom is 0.170 e. The van der Waals surface area contributed by atoms with Crippen molar-refractivity contribution < 1.29 is 4.79 Å². The number of benzene rings is 1. The summed E-state index contributed by atoms with van der Waals surface area (Å²) in [6.45, 7) is 3.93. The minimum Gasteiger partial charge on any atom is -0.294 e. The molecule has 104 valence electrons. The van der Waals surface area contributed by atoms with Gasteiger partial charge in [0.2, 0.25) is 0 Å². The van der Waals surface area contributed by atoms with Crippen LogP contribution in [0.1, 0.15) is 30.7 Å². The Bertz CT molecular complexity index is 808. The molecule has 0 atom stereocenters. The summed E-state index contributed by atoms with van der Waals surface area (Å²) >= 11 is 1.66. The van der Waals surface area contributed by atoms with Crippen molar-refractivity contribution in [2.75, 3.05) is 0 Å². The highest BCUT2D eigenvalue weighted by atomic mass is 32.2. The van der Waals surface area contributed by atoms with Gasteiger partial charge in [-0.05, 0) is 25.5 Å². The van der Waals surface area contributed by atoms with Crippen molar-refractivity contribution in [2.45, 2.75) is 30.6 Å². The molecule has 4 rings (SSSR count). The Kier molecular flexibility index (Phi) is 2.60. The van der Waals surface area contributed by atoms with Crippen molar-refractivity contribution in [2.24, 2.45) is 0 Å². The molecule has 1 aromatic carbocycles. The first-order chi connectivity index (χ1) is 10.1. The van der Waals surface area contributed by atoms with E-state index in [0.717, 1.165) is 21.7 Å². The molecule has 3 nitrogen and oxygen atoms in total. The van der Waals surface area contributed by atoms with Crippen LogP contribution in [0.4, 0.5) is 0 Å². The molecule has 0 unspecified atom stereocenters. The molecule has 2 heterocycles. The molecule has 4 heteroatoms. The van der Waals surface area contributed by atoms with Gasteiger partial charge in [0.1, 0.15) is 6.33 Å². The van der Waals surface area contributed by atoms with E-state index in [-0.39, 0.29) is 5.78 Å². The van der Waals surface area contributed by atoms with Crippen LogP contribution in [-0.4, -0.2) is 15.8 Å². The molecule has 0 saturated heterocycles. The summed E-state index contributed by atoms with van der Waals surface area (Å²) in [5, 5.41) is 0. The zero-order valence-electron chi connectivity index (χ0n) is 11.9. The fourth-order valence-corrected chi connectivity index (χ4v) is 4.22. The smallest absolute Gasteiger partial charge is 0.170 e. The van der Waals surface area contributed by atoms with E-state index in [0.29, 0.717) is 6.42 Å². The molecule has 0 saturated carbocycles. The largest absolute Gasteiger partial charge is 0.294 e. The fourth-order valence-electron chi connectivity index (χ4n) is 3.03. The SMILES string of the molecule is CC1(C)C(=O)C2=C(Sc3ccccc3C2)c2ncncc21. The lowest BCUT2D eigenvalue weighted by Gasteiger charge is -2.35. The number of ketones is 1. The van der Waals surface area contributed by atoms with Gasteiger partial charge in [0.05, 0.1) is 11.1 Å². The number of aromatic nitrogens is 2. The van der Waals surface area contributed by atoms with E-state index in [9.17, 15) is 4.79 Å². The van der Waals surface area contributed by atoms with Gasteiger partial charge in [-0.15, -0.1) is 0 Å². The number of carbonyl (C=O) groups excluding carboxylic acids is 1. The number of Topliss-reactive ketones (excluding diaryl/α,β-unsaturated/α-hetero) is 1. The van der Waals surface area contributed by atoms with Gasteiger partial charge in [0, 0.05) is 33.6 Å². The van der Waals surface area contributed by atoms with Crippen molar-refractivity contribution in [3.8, 4) is 0 Å². The standard InChI is InChI=1S/C17H14N2OS/c1-17(2)12-8-18-9-19-14(12)15-11(16(17)20)7-10-5-3-4-6-13(10)21-15/h3-6,8-9H,7H2,1-2H3. The third-order valence-electron chi connectivity index (χ3n) is 4.27. The fraction of sp³-hybridized carbons (Fsp3) is 0.235. The highest BCUT2D eigenvalue weighted by molar-refractivity contribution is 8.08. The number of nitrogens with zero attached hydrogens (tertiary/aromatic N) is 2. The van der Waals surface area contributed by atoms with E-state index in [2.05, 4.69) is 22.1 Å². The van der Waals surface area contributed by atoms with Crippen molar-refractivity contribution in [1.82, 2.24) is 9.97 Å². The number of allylic oxidation sites excluding steroid dienone is 1. The van der Waals surface area contributed by atoms with Gasteiger partial charge in [0.25, 0.3) is 0 Å². The van der Waals surface area contributed by atoms with Gasteiger partial charge in [-0.25, -0.2) is 9.97 Å². The van der Waals surface area contributed by atoms with Crippen molar-refractivity contribution >= 4 is 22.5 Å². The lowest BCUT2D eigenvalue weighted by atomic mass is 9.72. The van der Waals surface area contributed by atoms with Gasteiger partial charge < -0.3 is 0 Å². The number of hydrogen-bond acceptors (Lipinski definition) is 4. The average molecular weight is 294 g/mol. The molecular formula is C17H14N2OS. The highest BCUT2D eigenvalue weighted by Gasteiger charge is 2.42. The minimum atomic E-state index is -0.553. The molecule has 0 N–H and O–H groups in total. The summed E-state index contributed by atoms with van der Waals surface area (Å²) in [7, 11) is 0. The quantitative estimate of drug-likeness (QED) is 0.747. The van der Waals surface area contributed by atoms with E-state index >= 15 is 0 Å². The first-order valence-electron chi connectivity index (χ1n) is 6.93. The Balaban J connectivity index is 1.97. The van der Waals surface area contributed by atoms with Crippen LogP contribution in [0.25, 0.3) is 4.91 Å². The Hall–Kier alpha value is -1.94. The summed E-state index contributed by atoms with van der Waals surface area (Å²) < 4.78 is 0. The molecule has 0 amide bonds. The van der Waals surface area contributed by atoms with Crippen molar-refractivity contribution in [1.29, 1.82) is 0 Å². The molecule has 0 radical (unpaired) electrons. The van der Waals surface area contributed by atoms with Crippen LogP contribution < -0.4 is 0 Å². The normalized spacial score (nSPS) is 18.9. The molecule has 2 aliphatic rings. The predicted octanol–water partition coefficient (Wildman–Crippen LogP) is 3.40. The number of rotatable bonds is 0. The summed E-state index contributed by atoms with van der Waals surface area (Å²) in [6, 6.07) is 8.27. The Labute approximate surface area is 127 Å². The van der Waals surface area contributed by atoms with E-state index < -0.39 is 5.41 Å². The summed E-state index contributed by atoms with van der Waals surface area (Å²) in [5.41, 5.74) is 3.42. The van der Waals surface area contributed by atoms with Crippen LogP contribution in [0.3, 0.4) is 0 Å². The van der Waals surface area contributed by atoms with Crippen LogP contribution in [0.2, 0.25) is 0 Å². The van der Waals surface area contributed by atoms with Crippen LogP contribution in [-0.2, 0) is 16.6 Å². The van der Waals surface area contributed by atoms with Gasteiger partial charge in [-0.3, -0.25) is 4.79 Å².